The average Bonchev–Trinajstić information content (AvgIpc) is 3.26. The van der Waals surface area contributed by atoms with E-state index in [0.29, 0.717) is 5.92 Å². The zero-order chi connectivity index (χ0) is 24.6. The summed E-state index contributed by atoms with van der Waals surface area (Å²) in [5.41, 5.74) is 7.52. The number of benzene rings is 3. The van der Waals surface area contributed by atoms with Gasteiger partial charge in [0.25, 0.3) is 0 Å². The van der Waals surface area contributed by atoms with Crippen molar-refractivity contribution in [1.29, 1.82) is 0 Å². The highest BCUT2D eigenvalue weighted by molar-refractivity contribution is 5.68. The van der Waals surface area contributed by atoms with Crippen molar-refractivity contribution in [2.45, 2.75) is 66.1 Å². The number of imidazole rings is 1. The molecule has 3 nitrogen and oxygen atoms in total. The molecule has 0 N–H and O–H groups in total. The molecule has 0 aliphatic heterocycles. The van der Waals surface area contributed by atoms with Crippen molar-refractivity contribution in [3.05, 3.63) is 102 Å². The van der Waals surface area contributed by atoms with Crippen LogP contribution in [0, 0.1) is 0 Å². The predicted molar refractivity (Wildman–Crippen MR) is 148 cm³/mol. The largest absolute Gasteiger partial charge is 0.327 e. The van der Waals surface area contributed by atoms with Crippen LogP contribution in [0.3, 0.4) is 0 Å². The molecule has 0 saturated carbocycles. The van der Waals surface area contributed by atoms with Gasteiger partial charge in [0.2, 0.25) is 0 Å². The van der Waals surface area contributed by atoms with Gasteiger partial charge in [-0.3, -0.25) is 4.90 Å². The molecule has 0 amide bonds. The zero-order valence-corrected chi connectivity index (χ0v) is 21.7. The van der Waals surface area contributed by atoms with E-state index in [1.165, 1.54) is 40.8 Å². The molecule has 0 saturated heterocycles. The Morgan fingerprint density at radius 3 is 1.97 bits per heavy atom. The van der Waals surface area contributed by atoms with Crippen LogP contribution in [0.25, 0.3) is 22.6 Å². The first-order valence-corrected chi connectivity index (χ1v) is 13.1. The topological polar surface area (TPSA) is 21.1 Å². The molecule has 182 valence electrons. The van der Waals surface area contributed by atoms with Crippen LogP contribution in [0.2, 0.25) is 0 Å². The van der Waals surface area contributed by atoms with E-state index in [-0.39, 0.29) is 0 Å². The second-order valence-electron chi connectivity index (χ2n) is 9.67. The Morgan fingerprint density at radius 2 is 1.40 bits per heavy atom. The van der Waals surface area contributed by atoms with Crippen molar-refractivity contribution in [2.24, 2.45) is 0 Å². The maximum atomic E-state index is 5.23. The Kier molecular flexibility index (Phi) is 8.54. The Bertz CT molecular complexity index is 1170. The summed E-state index contributed by atoms with van der Waals surface area (Å²) in [5.74, 6) is 1.61. The summed E-state index contributed by atoms with van der Waals surface area (Å²) in [7, 11) is 0. The number of aromatic nitrogens is 2. The van der Waals surface area contributed by atoms with Gasteiger partial charge in [0, 0.05) is 30.8 Å². The summed E-state index contributed by atoms with van der Waals surface area (Å²) in [6, 6.07) is 30.4. The van der Waals surface area contributed by atoms with Crippen LogP contribution in [-0.2, 0) is 19.6 Å². The highest BCUT2D eigenvalue weighted by Crippen LogP contribution is 2.31. The fraction of sp³-hybridized carbons (Fsp3) is 0.344. The molecule has 4 aromatic rings. The Labute approximate surface area is 211 Å². The van der Waals surface area contributed by atoms with Crippen molar-refractivity contribution in [2.75, 3.05) is 6.54 Å². The van der Waals surface area contributed by atoms with Crippen LogP contribution in [0.15, 0.2) is 84.9 Å². The third kappa shape index (κ3) is 6.10. The van der Waals surface area contributed by atoms with E-state index in [4.69, 9.17) is 4.98 Å². The first kappa shape index (κ1) is 24.9. The first-order chi connectivity index (χ1) is 17.1. The Balaban J connectivity index is 1.72. The Morgan fingerprint density at radius 1 is 0.771 bits per heavy atom. The third-order valence-electron chi connectivity index (χ3n) is 6.72. The third-order valence-corrected chi connectivity index (χ3v) is 6.72. The lowest BCUT2D eigenvalue weighted by Gasteiger charge is -2.24. The van der Waals surface area contributed by atoms with Gasteiger partial charge < -0.3 is 4.57 Å². The first-order valence-electron chi connectivity index (χ1n) is 13.1. The van der Waals surface area contributed by atoms with E-state index in [1.54, 1.807) is 0 Å². The van der Waals surface area contributed by atoms with Crippen molar-refractivity contribution in [1.82, 2.24) is 14.5 Å². The van der Waals surface area contributed by atoms with Gasteiger partial charge in [0.05, 0.1) is 11.4 Å². The van der Waals surface area contributed by atoms with Crippen LogP contribution in [0.1, 0.15) is 63.3 Å². The van der Waals surface area contributed by atoms with Crippen LogP contribution >= 0.6 is 0 Å². The van der Waals surface area contributed by atoms with Gasteiger partial charge in [-0.25, -0.2) is 4.98 Å². The predicted octanol–water partition coefficient (Wildman–Crippen LogP) is 8.16. The number of unbranched alkanes of at least 4 members (excludes halogenated alkanes) is 1. The minimum Gasteiger partial charge on any atom is -0.327 e. The summed E-state index contributed by atoms with van der Waals surface area (Å²) in [6.45, 7) is 12.8. The fourth-order valence-electron chi connectivity index (χ4n) is 4.70. The lowest BCUT2D eigenvalue weighted by Crippen LogP contribution is -2.26. The summed E-state index contributed by atoms with van der Waals surface area (Å²) < 4.78 is 2.42. The summed E-state index contributed by atoms with van der Waals surface area (Å²) in [6.07, 6.45) is 2.38. The van der Waals surface area contributed by atoms with Crippen LogP contribution in [0.5, 0.6) is 0 Å². The quantitative estimate of drug-likeness (QED) is 0.223. The van der Waals surface area contributed by atoms with Crippen LogP contribution in [-0.4, -0.2) is 21.0 Å². The van der Waals surface area contributed by atoms with Gasteiger partial charge in [-0.1, -0.05) is 112 Å². The molecule has 0 spiro atoms. The number of nitrogens with zero attached hydrogens (tertiary/aromatic N) is 3. The SMILES string of the molecule is CCCCN(Cc1ccc(C(C)C)cc1)Cc1c(-c2ccccc2)nc(-c2ccccc2)n1CC. The fourth-order valence-corrected chi connectivity index (χ4v) is 4.70. The molecule has 1 heterocycles. The van der Waals surface area contributed by atoms with Gasteiger partial charge in [0.15, 0.2) is 0 Å². The molecule has 3 aromatic carbocycles. The highest BCUT2D eigenvalue weighted by atomic mass is 15.2. The van der Waals surface area contributed by atoms with Crippen molar-refractivity contribution in [3.8, 4) is 22.6 Å². The molecule has 0 aliphatic rings. The second kappa shape index (κ2) is 12.0. The molecule has 0 radical (unpaired) electrons. The lowest BCUT2D eigenvalue weighted by molar-refractivity contribution is 0.247. The molecule has 0 bridgehead atoms. The van der Waals surface area contributed by atoms with E-state index >= 15 is 0 Å². The minimum atomic E-state index is 0.559. The average molecular weight is 466 g/mol. The van der Waals surface area contributed by atoms with Gasteiger partial charge >= 0.3 is 0 Å². The molecule has 35 heavy (non-hydrogen) atoms. The van der Waals surface area contributed by atoms with Gasteiger partial charge in [-0.2, -0.15) is 0 Å². The molecule has 0 fully saturated rings. The van der Waals surface area contributed by atoms with E-state index in [0.717, 1.165) is 37.7 Å². The molecular weight excluding hydrogens is 426 g/mol. The molecule has 4 rings (SSSR count). The monoisotopic (exact) mass is 465 g/mol. The second-order valence-corrected chi connectivity index (χ2v) is 9.67. The maximum absolute atomic E-state index is 5.23. The molecule has 1 aromatic heterocycles. The van der Waals surface area contributed by atoms with E-state index in [1.807, 2.05) is 0 Å². The molecule has 3 heteroatoms. The van der Waals surface area contributed by atoms with E-state index in [2.05, 4.69) is 122 Å². The summed E-state index contributed by atoms with van der Waals surface area (Å²) in [5, 5.41) is 0. The summed E-state index contributed by atoms with van der Waals surface area (Å²) in [4.78, 5) is 7.82. The maximum Gasteiger partial charge on any atom is 0.140 e. The molecule has 0 atom stereocenters. The van der Waals surface area contributed by atoms with E-state index < -0.39 is 0 Å². The Hall–Kier alpha value is -3.17. The number of hydrogen-bond acceptors (Lipinski definition) is 2. The standard InChI is InChI=1S/C32H39N3/c1-5-7-22-34(23-26-18-20-27(21-19-26)25(3)4)24-30-31(28-14-10-8-11-15-28)33-32(35(30)6-2)29-16-12-9-13-17-29/h8-21,25H,5-7,22-24H2,1-4H3. The van der Waals surface area contributed by atoms with Gasteiger partial charge in [-0.15, -0.1) is 0 Å². The smallest absolute Gasteiger partial charge is 0.140 e. The van der Waals surface area contributed by atoms with Crippen molar-refractivity contribution in [3.63, 3.8) is 0 Å². The zero-order valence-electron chi connectivity index (χ0n) is 21.7. The lowest BCUT2D eigenvalue weighted by atomic mass is 10.0. The molecular formula is C32H39N3. The highest BCUT2D eigenvalue weighted by Gasteiger charge is 2.21. The van der Waals surface area contributed by atoms with Crippen molar-refractivity contribution < 1.29 is 0 Å². The number of rotatable bonds is 11. The number of hydrogen-bond donors (Lipinski definition) is 0. The van der Waals surface area contributed by atoms with Gasteiger partial charge in [-0.05, 0) is 36.9 Å². The summed E-state index contributed by atoms with van der Waals surface area (Å²) >= 11 is 0. The minimum absolute atomic E-state index is 0.559. The van der Waals surface area contributed by atoms with Gasteiger partial charge in [0.1, 0.15) is 5.82 Å². The van der Waals surface area contributed by atoms with Crippen LogP contribution < -0.4 is 0 Å². The van der Waals surface area contributed by atoms with Crippen LogP contribution in [0.4, 0.5) is 0 Å². The molecule has 0 unspecified atom stereocenters. The molecule has 0 aliphatic carbocycles. The van der Waals surface area contributed by atoms with Crippen molar-refractivity contribution >= 4 is 0 Å². The van der Waals surface area contributed by atoms with E-state index in [9.17, 15) is 0 Å². The normalized spacial score (nSPS) is 11.5.